The van der Waals surface area contributed by atoms with E-state index < -0.39 is 11.8 Å². The Kier molecular flexibility index (Phi) is 4.79. The summed E-state index contributed by atoms with van der Waals surface area (Å²) in [5, 5.41) is 1.79. The second-order valence-electron chi connectivity index (χ2n) is 5.88. The third kappa shape index (κ3) is 3.39. The molecule has 0 saturated carbocycles. The lowest BCUT2D eigenvalue weighted by Gasteiger charge is -2.15. The quantitative estimate of drug-likeness (QED) is 0.580. The Bertz CT molecular complexity index is 1010. The maximum absolute atomic E-state index is 12.8. The fraction of sp³-hybridized carbons (Fsp3) is 0.0476. The smallest absolute Gasteiger partial charge is 0.277 e. The van der Waals surface area contributed by atoms with Gasteiger partial charge in [0.25, 0.3) is 11.8 Å². The Morgan fingerprint density at radius 2 is 1.63 bits per heavy atom. The Morgan fingerprint density at radius 1 is 0.889 bits per heavy atom. The van der Waals surface area contributed by atoms with E-state index in [1.165, 1.54) is 11.3 Å². The van der Waals surface area contributed by atoms with Crippen molar-refractivity contribution in [2.24, 2.45) is 0 Å². The standard InChI is InChI=1S/C21H14ClNO3S/c22-19-18(17-7-4-12-27-17)20(24)23(21(19)25)15-8-10-16(11-9-15)26-13-14-5-2-1-3-6-14/h1-12H,13H2. The van der Waals surface area contributed by atoms with Crippen LogP contribution in [0.4, 0.5) is 5.69 Å². The van der Waals surface area contributed by atoms with E-state index in [4.69, 9.17) is 16.3 Å². The summed E-state index contributed by atoms with van der Waals surface area (Å²) in [4.78, 5) is 27.0. The number of amides is 2. The fourth-order valence-corrected chi connectivity index (χ4v) is 3.90. The Hall–Kier alpha value is -2.89. The van der Waals surface area contributed by atoms with Gasteiger partial charge in [-0.3, -0.25) is 9.59 Å². The highest BCUT2D eigenvalue weighted by Gasteiger charge is 2.39. The van der Waals surface area contributed by atoms with Crippen molar-refractivity contribution in [3.05, 3.63) is 87.6 Å². The molecular weight excluding hydrogens is 382 g/mol. The number of benzene rings is 2. The minimum absolute atomic E-state index is 0.0492. The lowest BCUT2D eigenvalue weighted by Crippen LogP contribution is -2.30. The van der Waals surface area contributed by atoms with Gasteiger partial charge in [0.1, 0.15) is 17.4 Å². The summed E-state index contributed by atoms with van der Waals surface area (Å²) >= 11 is 7.53. The van der Waals surface area contributed by atoms with Gasteiger partial charge in [0.05, 0.1) is 11.3 Å². The van der Waals surface area contributed by atoms with Crippen molar-refractivity contribution in [1.82, 2.24) is 0 Å². The second-order valence-corrected chi connectivity index (χ2v) is 7.21. The number of halogens is 1. The summed E-state index contributed by atoms with van der Waals surface area (Å²) in [5.41, 5.74) is 1.77. The fourth-order valence-electron chi connectivity index (χ4n) is 2.80. The highest BCUT2D eigenvalue weighted by molar-refractivity contribution is 7.11. The molecule has 0 N–H and O–H groups in total. The van der Waals surface area contributed by atoms with Crippen LogP contribution < -0.4 is 9.64 Å². The molecule has 1 aliphatic rings. The van der Waals surface area contributed by atoms with Gasteiger partial charge in [0, 0.05) is 4.88 Å². The predicted octanol–water partition coefficient (Wildman–Crippen LogP) is 4.85. The SMILES string of the molecule is O=C1C(Cl)=C(c2cccs2)C(=O)N1c1ccc(OCc2ccccc2)cc1. The first kappa shape index (κ1) is 17.5. The van der Waals surface area contributed by atoms with Gasteiger partial charge >= 0.3 is 0 Å². The maximum atomic E-state index is 12.8. The zero-order valence-corrected chi connectivity index (χ0v) is 15.7. The van der Waals surface area contributed by atoms with Gasteiger partial charge < -0.3 is 4.74 Å². The molecule has 0 aliphatic carbocycles. The summed E-state index contributed by atoms with van der Waals surface area (Å²) in [5.74, 6) is -0.271. The number of carbonyl (C=O) groups is 2. The molecule has 1 aromatic heterocycles. The minimum atomic E-state index is -0.511. The van der Waals surface area contributed by atoms with E-state index in [0.717, 1.165) is 10.5 Å². The van der Waals surface area contributed by atoms with Gasteiger partial charge in [0.2, 0.25) is 0 Å². The molecule has 3 aromatic rings. The van der Waals surface area contributed by atoms with E-state index in [1.807, 2.05) is 41.8 Å². The summed E-state index contributed by atoms with van der Waals surface area (Å²) in [6.45, 7) is 0.442. The molecule has 0 radical (unpaired) electrons. The van der Waals surface area contributed by atoms with Crippen LogP contribution in [0, 0.1) is 0 Å². The van der Waals surface area contributed by atoms with Crippen LogP contribution in [0.15, 0.2) is 77.1 Å². The van der Waals surface area contributed by atoms with Gasteiger partial charge in [-0.15, -0.1) is 11.3 Å². The van der Waals surface area contributed by atoms with Crippen LogP contribution in [-0.2, 0) is 16.2 Å². The van der Waals surface area contributed by atoms with Crippen molar-refractivity contribution in [2.75, 3.05) is 4.90 Å². The molecule has 4 rings (SSSR count). The van der Waals surface area contributed by atoms with Crippen LogP contribution in [0.25, 0.3) is 5.57 Å². The number of hydrogen-bond acceptors (Lipinski definition) is 4. The molecule has 2 aromatic carbocycles. The van der Waals surface area contributed by atoms with Crippen LogP contribution in [0.3, 0.4) is 0 Å². The number of imide groups is 1. The third-order valence-electron chi connectivity index (χ3n) is 4.14. The third-order valence-corrected chi connectivity index (χ3v) is 5.38. The second kappa shape index (κ2) is 7.39. The first-order valence-electron chi connectivity index (χ1n) is 8.24. The molecule has 134 valence electrons. The molecule has 4 nitrogen and oxygen atoms in total. The molecular formula is C21H14ClNO3S. The highest BCUT2D eigenvalue weighted by atomic mass is 35.5. The molecule has 0 atom stereocenters. The first-order valence-corrected chi connectivity index (χ1v) is 9.50. The molecule has 2 amide bonds. The number of anilines is 1. The molecule has 0 spiro atoms. The lowest BCUT2D eigenvalue weighted by atomic mass is 10.2. The molecule has 0 unspecified atom stereocenters. The monoisotopic (exact) mass is 395 g/mol. The number of hydrogen-bond donors (Lipinski definition) is 0. The summed E-state index contributed by atoms with van der Waals surface area (Å²) in [6, 6.07) is 20.2. The largest absolute Gasteiger partial charge is 0.489 e. The van der Waals surface area contributed by atoms with Crippen molar-refractivity contribution in [3.63, 3.8) is 0 Å². The van der Waals surface area contributed by atoms with Gasteiger partial charge in [-0.1, -0.05) is 48.0 Å². The average Bonchev–Trinajstić information content (AvgIpc) is 3.29. The van der Waals surface area contributed by atoms with Crippen LogP contribution in [0.1, 0.15) is 10.4 Å². The van der Waals surface area contributed by atoms with E-state index in [0.29, 0.717) is 22.9 Å². The van der Waals surface area contributed by atoms with E-state index in [2.05, 4.69) is 0 Å². The van der Waals surface area contributed by atoms with Crippen molar-refractivity contribution >= 4 is 46.0 Å². The lowest BCUT2D eigenvalue weighted by molar-refractivity contribution is -0.119. The normalized spacial score (nSPS) is 14.2. The number of rotatable bonds is 5. The average molecular weight is 396 g/mol. The van der Waals surface area contributed by atoms with Crippen LogP contribution in [-0.4, -0.2) is 11.8 Å². The van der Waals surface area contributed by atoms with Crippen LogP contribution >= 0.6 is 22.9 Å². The van der Waals surface area contributed by atoms with E-state index in [-0.39, 0.29) is 10.6 Å². The first-order chi connectivity index (χ1) is 13.1. The zero-order chi connectivity index (χ0) is 18.8. The predicted molar refractivity (Wildman–Crippen MR) is 107 cm³/mol. The molecule has 0 fully saturated rings. The van der Waals surface area contributed by atoms with E-state index in [1.54, 1.807) is 30.3 Å². The number of thiophene rings is 1. The van der Waals surface area contributed by atoms with Gasteiger partial charge in [-0.2, -0.15) is 0 Å². The van der Waals surface area contributed by atoms with Crippen molar-refractivity contribution in [2.45, 2.75) is 6.61 Å². The van der Waals surface area contributed by atoms with Gasteiger partial charge in [-0.25, -0.2) is 4.90 Å². The Labute approximate surface area is 165 Å². The summed E-state index contributed by atoms with van der Waals surface area (Å²) < 4.78 is 5.74. The molecule has 27 heavy (non-hydrogen) atoms. The van der Waals surface area contributed by atoms with Crippen molar-refractivity contribution < 1.29 is 14.3 Å². The van der Waals surface area contributed by atoms with Crippen molar-refractivity contribution in [3.8, 4) is 5.75 Å². The number of nitrogens with zero attached hydrogens (tertiary/aromatic N) is 1. The summed E-state index contributed by atoms with van der Waals surface area (Å²) in [7, 11) is 0. The van der Waals surface area contributed by atoms with E-state index >= 15 is 0 Å². The Morgan fingerprint density at radius 3 is 2.30 bits per heavy atom. The van der Waals surface area contributed by atoms with E-state index in [9.17, 15) is 9.59 Å². The molecule has 6 heteroatoms. The number of ether oxygens (including phenoxy) is 1. The highest BCUT2D eigenvalue weighted by Crippen LogP contribution is 2.36. The maximum Gasteiger partial charge on any atom is 0.277 e. The summed E-state index contributed by atoms with van der Waals surface area (Å²) in [6.07, 6.45) is 0. The minimum Gasteiger partial charge on any atom is -0.489 e. The number of carbonyl (C=O) groups excluding carboxylic acids is 2. The molecule has 1 aliphatic heterocycles. The molecule has 2 heterocycles. The molecule has 0 bridgehead atoms. The van der Waals surface area contributed by atoms with Crippen LogP contribution in [0.5, 0.6) is 5.75 Å². The van der Waals surface area contributed by atoms with Gasteiger partial charge in [-0.05, 0) is 41.3 Å². The topological polar surface area (TPSA) is 46.6 Å². The van der Waals surface area contributed by atoms with Crippen molar-refractivity contribution in [1.29, 1.82) is 0 Å². The Balaban J connectivity index is 1.51. The zero-order valence-electron chi connectivity index (χ0n) is 14.1. The van der Waals surface area contributed by atoms with Crippen LogP contribution in [0.2, 0.25) is 0 Å². The van der Waals surface area contributed by atoms with Gasteiger partial charge in [0.15, 0.2) is 0 Å². The molecule has 0 saturated heterocycles.